The summed E-state index contributed by atoms with van der Waals surface area (Å²) in [6, 6.07) is 13.7. The number of nitrogens with one attached hydrogen (secondary N) is 2. The van der Waals surface area contributed by atoms with Crippen LogP contribution in [0.5, 0.6) is 0 Å². The van der Waals surface area contributed by atoms with Crippen LogP contribution in [0.15, 0.2) is 42.5 Å². The highest BCUT2D eigenvalue weighted by Gasteiger charge is 2.14. The van der Waals surface area contributed by atoms with Gasteiger partial charge in [0.2, 0.25) is 5.91 Å². The Hall–Kier alpha value is -2.29. The molecule has 2 aromatic carbocycles. The van der Waals surface area contributed by atoms with Crippen LogP contribution in [0.4, 0.5) is 11.4 Å². The molecule has 0 aliphatic heterocycles. The fourth-order valence-corrected chi connectivity index (χ4v) is 2.23. The van der Waals surface area contributed by atoms with E-state index in [0.717, 1.165) is 22.5 Å². The minimum Gasteiger partial charge on any atom is -0.374 e. The van der Waals surface area contributed by atoms with Crippen LogP contribution in [0.3, 0.4) is 0 Å². The number of amides is 1. The average Bonchev–Trinajstić information content (AvgIpc) is 2.44. The molecule has 21 heavy (non-hydrogen) atoms. The van der Waals surface area contributed by atoms with Crippen molar-refractivity contribution in [3.63, 3.8) is 0 Å². The van der Waals surface area contributed by atoms with Crippen LogP contribution in [0.1, 0.15) is 23.6 Å². The van der Waals surface area contributed by atoms with Crippen molar-refractivity contribution in [1.29, 1.82) is 0 Å². The second kappa shape index (κ2) is 6.44. The minimum absolute atomic E-state index is 0.0368. The Morgan fingerprint density at radius 1 is 0.952 bits per heavy atom. The van der Waals surface area contributed by atoms with E-state index in [1.807, 2.05) is 64.1 Å². The molecule has 2 N–H and O–H groups in total. The summed E-state index contributed by atoms with van der Waals surface area (Å²) < 4.78 is 0. The van der Waals surface area contributed by atoms with Gasteiger partial charge in [-0.1, -0.05) is 35.9 Å². The molecule has 1 unspecified atom stereocenters. The summed E-state index contributed by atoms with van der Waals surface area (Å²) >= 11 is 0. The molecule has 0 bridgehead atoms. The number of anilines is 2. The number of hydrogen-bond acceptors (Lipinski definition) is 2. The lowest BCUT2D eigenvalue weighted by molar-refractivity contribution is -0.116. The van der Waals surface area contributed by atoms with Gasteiger partial charge in [-0.25, -0.2) is 0 Å². The summed E-state index contributed by atoms with van der Waals surface area (Å²) in [4.78, 5) is 12.3. The molecule has 0 aliphatic rings. The summed E-state index contributed by atoms with van der Waals surface area (Å²) in [6.45, 7) is 7.94. The first-order chi connectivity index (χ1) is 9.97. The quantitative estimate of drug-likeness (QED) is 0.888. The zero-order valence-electron chi connectivity index (χ0n) is 13.0. The highest BCUT2D eigenvalue weighted by atomic mass is 16.2. The first-order valence-corrected chi connectivity index (χ1v) is 7.17. The van der Waals surface area contributed by atoms with Crippen LogP contribution < -0.4 is 10.6 Å². The number of para-hydroxylation sites is 1. The Morgan fingerprint density at radius 2 is 1.67 bits per heavy atom. The predicted octanol–water partition coefficient (Wildman–Crippen LogP) is 4.05. The minimum atomic E-state index is -0.299. The smallest absolute Gasteiger partial charge is 0.246 e. The van der Waals surface area contributed by atoms with Crippen LogP contribution in [0.2, 0.25) is 0 Å². The van der Waals surface area contributed by atoms with Crippen molar-refractivity contribution >= 4 is 17.3 Å². The van der Waals surface area contributed by atoms with Gasteiger partial charge in [0, 0.05) is 11.4 Å². The molecule has 1 amide bonds. The van der Waals surface area contributed by atoms with Crippen molar-refractivity contribution < 1.29 is 4.79 Å². The molecule has 0 aromatic heterocycles. The molecule has 1 atom stereocenters. The van der Waals surface area contributed by atoms with Crippen molar-refractivity contribution in [2.24, 2.45) is 0 Å². The SMILES string of the molecule is Cc1ccc(NC(=O)C(C)Nc2ccccc2C)c(C)c1. The van der Waals surface area contributed by atoms with E-state index in [0.29, 0.717) is 0 Å². The van der Waals surface area contributed by atoms with E-state index >= 15 is 0 Å². The van der Waals surface area contributed by atoms with Crippen LogP contribution in [-0.4, -0.2) is 11.9 Å². The van der Waals surface area contributed by atoms with Gasteiger partial charge in [0.25, 0.3) is 0 Å². The summed E-state index contributed by atoms with van der Waals surface area (Å²) in [5, 5.41) is 6.22. The normalized spacial score (nSPS) is 11.8. The number of benzene rings is 2. The van der Waals surface area contributed by atoms with Crippen molar-refractivity contribution in [3.8, 4) is 0 Å². The third-order valence-electron chi connectivity index (χ3n) is 3.55. The molecule has 0 fully saturated rings. The van der Waals surface area contributed by atoms with Crippen LogP contribution in [0.25, 0.3) is 0 Å². The summed E-state index contributed by atoms with van der Waals surface area (Å²) in [6.07, 6.45) is 0. The molecule has 0 saturated heterocycles. The van der Waals surface area contributed by atoms with Gasteiger partial charge in [-0.3, -0.25) is 4.79 Å². The summed E-state index contributed by atoms with van der Waals surface area (Å²) in [5.41, 5.74) is 5.25. The van der Waals surface area contributed by atoms with Gasteiger partial charge in [-0.05, 0) is 51.0 Å². The molecule has 2 aromatic rings. The van der Waals surface area contributed by atoms with Crippen LogP contribution in [-0.2, 0) is 4.79 Å². The van der Waals surface area contributed by atoms with Gasteiger partial charge in [0.15, 0.2) is 0 Å². The average molecular weight is 282 g/mol. The van der Waals surface area contributed by atoms with Crippen molar-refractivity contribution in [1.82, 2.24) is 0 Å². The molecule has 0 radical (unpaired) electrons. The van der Waals surface area contributed by atoms with Gasteiger partial charge in [0.1, 0.15) is 6.04 Å². The molecular formula is C18H22N2O. The van der Waals surface area contributed by atoms with E-state index in [1.54, 1.807) is 0 Å². The Balaban J connectivity index is 2.04. The van der Waals surface area contributed by atoms with Crippen LogP contribution in [0, 0.1) is 20.8 Å². The molecule has 110 valence electrons. The van der Waals surface area contributed by atoms with E-state index in [2.05, 4.69) is 16.7 Å². The maximum atomic E-state index is 12.3. The van der Waals surface area contributed by atoms with E-state index in [9.17, 15) is 4.79 Å². The lowest BCUT2D eigenvalue weighted by Crippen LogP contribution is -2.32. The van der Waals surface area contributed by atoms with Gasteiger partial charge < -0.3 is 10.6 Å². The number of carbonyl (C=O) groups excluding carboxylic acids is 1. The predicted molar refractivity (Wildman–Crippen MR) is 88.8 cm³/mol. The molecule has 0 aliphatic carbocycles. The third-order valence-corrected chi connectivity index (χ3v) is 3.55. The molecule has 2 rings (SSSR count). The Bertz CT molecular complexity index is 649. The molecule has 0 heterocycles. The number of hydrogen-bond donors (Lipinski definition) is 2. The van der Waals surface area contributed by atoms with Gasteiger partial charge >= 0.3 is 0 Å². The molecule has 3 heteroatoms. The fraction of sp³-hybridized carbons (Fsp3) is 0.278. The van der Waals surface area contributed by atoms with Crippen molar-refractivity contribution in [2.75, 3.05) is 10.6 Å². The second-order valence-electron chi connectivity index (χ2n) is 5.49. The maximum absolute atomic E-state index is 12.3. The summed E-state index contributed by atoms with van der Waals surface area (Å²) in [7, 11) is 0. The summed E-state index contributed by atoms with van der Waals surface area (Å²) in [5.74, 6) is -0.0368. The lowest BCUT2D eigenvalue weighted by Gasteiger charge is -2.17. The highest BCUT2D eigenvalue weighted by Crippen LogP contribution is 2.18. The van der Waals surface area contributed by atoms with Gasteiger partial charge in [-0.15, -0.1) is 0 Å². The number of rotatable bonds is 4. The zero-order valence-corrected chi connectivity index (χ0v) is 13.0. The maximum Gasteiger partial charge on any atom is 0.246 e. The third kappa shape index (κ3) is 3.85. The number of aryl methyl sites for hydroxylation is 3. The van der Waals surface area contributed by atoms with E-state index in [-0.39, 0.29) is 11.9 Å². The standard InChI is InChI=1S/C18H22N2O/c1-12-9-10-17(14(3)11-12)20-18(21)15(4)19-16-8-6-5-7-13(16)2/h5-11,15,19H,1-4H3,(H,20,21). The van der Waals surface area contributed by atoms with Gasteiger partial charge in [0.05, 0.1) is 0 Å². The van der Waals surface area contributed by atoms with E-state index < -0.39 is 0 Å². The topological polar surface area (TPSA) is 41.1 Å². The molecular weight excluding hydrogens is 260 g/mol. The van der Waals surface area contributed by atoms with Crippen molar-refractivity contribution in [2.45, 2.75) is 33.7 Å². The van der Waals surface area contributed by atoms with Gasteiger partial charge in [-0.2, -0.15) is 0 Å². The molecule has 0 spiro atoms. The van der Waals surface area contributed by atoms with Crippen molar-refractivity contribution in [3.05, 3.63) is 59.2 Å². The zero-order chi connectivity index (χ0) is 15.4. The Labute approximate surface area is 126 Å². The first-order valence-electron chi connectivity index (χ1n) is 7.17. The lowest BCUT2D eigenvalue weighted by atomic mass is 10.1. The molecule has 3 nitrogen and oxygen atoms in total. The van der Waals surface area contributed by atoms with E-state index in [4.69, 9.17) is 0 Å². The van der Waals surface area contributed by atoms with E-state index in [1.165, 1.54) is 5.56 Å². The Morgan fingerprint density at radius 3 is 2.33 bits per heavy atom. The molecule has 0 saturated carbocycles. The fourth-order valence-electron chi connectivity index (χ4n) is 2.23. The monoisotopic (exact) mass is 282 g/mol. The largest absolute Gasteiger partial charge is 0.374 e. The second-order valence-corrected chi connectivity index (χ2v) is 5.49. The first kappa shape index (κ1) is 15.1. The number of carbonyl (C=O) groups is 1. The highest BCUT2D eigenvalue weighted by molar-refractivity contribution is 5.96. The Kier molecular flexibility index (Phi) is 4.63. The van der Waals surface area contributed by atoms with Crippen LogP contribution >= 0.6 is 0 Å².